The third-order valence-electron chi connectivity index (χ3n) is 3.68. The summed E-state index contributed by atoms with van der Waals surface area (Å²) >= 11 is 0. The summed E-state index contributed by atoms with van der Waals surface area (Å²) in [5.41, 5.74) is 5.90. The summed E-state index contributed by atoms with van der Waals surface area (Å²) in [4.78, 5) is 11.9. The fraction of sp³-hybridized carbons (Fsp3) is 0.917. The van der Waals surface area contributed by atoms with Gasteiger partial charge in [0, 0.05) is 19.2 Å². The molecule has 0 bridgehead atoms. The van der Waals surface area contributed by atoms with Crippen LogP contribution in [-0.2, 0) is 9.53 Å². The molecule has 0 spiro atoms. The van der Waals surface area contributed by atoms with E-state index >= 15 is 0 Å². The second-order valence-corrected chi connectivity index (χ2v) is 4.93. The van der Waals surface area contributed by atoms with Crippen molar-refractivity contribution in [3.8, 4) is 0 Å². The number of rotatable bonds is 3. The van der Waals surface area contributed by atoms with Gasteiger partial charge in [0.2, 0.25) is 5.91 Å². The molecule has 2 rings (SSSR count). The van der Waals surface area contributed by atoms with Crippen LogP contribution in [-0.4, -0.2) is 31.2 Å². The Morgan fingerprint density at radius 3 is 2.75 bits per heavy atom. The predicted molar refractivity (Wildman–Crippen MR) is 61.9 cm³/mol. The maximum atomic E-state index is 11.9. The molecule has 4 nitrogen and oxygen atoms in total. The summed E-state index contributed by atoms with van der Waals surface area (Å²) in [5, 5.41) is 2.98. The molecule has 1 aliphatic carbocycles. The summed E-state index contributed by atoms with van der Waals surface area (Å²) in [6.45, 7) is 1.49. The van der Waals surface area contributed by atoms with Gasteiger partial charge in [-0.1, -0.05) is 6.42 Å². The number of amides is 1. The number of hydrogen-bond acceptors (Lipinski definition) is 3. The molecule has 3 atom stereocenters. The molecule has 2 fully saturated rings. The van der Waals surface area contributed by atoms with Gasteiger partial charge in [-0.15, -0.1) is 0 Å². The Morgan fingerprint density at radius 2 is 2.12 bits per heavy atom. The highest BCUT2D eigenvalue weighted by Gasteiger charge is 2.30. The van der Waals surface area contributed by atoms with Crippen LogP contribution in [0.1, 0.15) is 38.5 Å². The Labute approximate surface area is 96.9 Å². The average molecular weight is 226 g/mol. The molecular weight excluding hydrogens is 204 g/mol. The number of carbonyl (C=O) groups excluding carboxylic acids is 1. The van der Waals surface area contributed by atoms with E-state index in [1.807, 2.05) is 0 Å². The molecule has 1 aliphatic heterocycles. The van der Waals surface area contributed by atoms with Gasteiger partial charge in [0.1, 0.15) is 0 Å². The van der Waals surface area contributed by atoms with Crippen molar-refractivity contribution >= 4 is 5.91 Å². The Bertz CT molecular complexity index is 239. The number of nitrogens with one attached hydrogen (secondary N) is 1. The minimum atomic E-state index is 0.0311. The van der Waals surface area contributed by atoms with E-state index in [2.05, 4.69) is 5.32 Å². The highest BCUT2D eigenvalue weighted by molar-refractivity contribution is 5.79. The molecule has 16 heavy (non-hydrogen) atoms. The zero-order valence-electron chi connectivity index (χ0n) is 9.78. The highest BCUT2D eigenvalue weighted by Crippen LogP contribution is 2.24. The lowest BCUT2D eigenvalue weighted by atomic mass is 10.0. The van der Waals surface area contributed by atoms with E-state index in [1.54, 1.807) is 0 Å². The van der Waals surface area contributed by atoms with Crippen molar-refractivity contribution in [2.45, 2.75) is 50.7 Å². The van der Waals surface area contributed by atoms with Gasteiger partial charge in [-0.3, -0.25) is 4.79 Å². The van der Waals surface area contributed by atoms with Gasteiger partial charge in [0.15, 0.2) is 0 Å². The van der Waals surface area contributed by atoms with Gasteiger partial charge < -0.3 is 15.8 Å². The van der Waals surface area contributed by atoms with Gasteiger partial charge in [-0.2, -0.15) is 0 Å². The minimum absolute atomic E-state index is 0.0311. The van der Waals surface area contributed by atoms with E-state index in [0.29, 0.717) is 6.54 Å². The van der Waals surface area contributed by atoms with Crippen LogP contribution in [0.4, 0.5) is 0 Å². The minimum Gasteiger partial charge on any atom is -0.376 e. The van der Waals surface area contributed by atoms with Crippen molar-refractivity contribution < 1.29 is 9.53 Å². The van der Waals surface area contributed by atoms with E-state index in [9.17, 15) is 4.79 Å². The molecule has 0 aromatic heterocycles. The van der Waals surface area contributed by atoms with Crippen LogP contribution in [0, 0.1) is 5.92 Å². The molecule has 4 heteroatoms. The SMILES string of the molecule is NC1CCCC1C(=O)NCC1CCCCO1. The fourth-order valence-electron chi connectivity index (χ4n) is 2.63. The zero-order valence-corrected chi connectivity index (χ0v) is 9.78. The van der Waals surface area contributed by atoms with Crippen LogP contribution in [0.3, 0.4) is 0 Å². The second-order valence-electron chi connectivity index (χ2n) is 4.93. The Morgan fingerprint density at radius 1 is 1.25 bits per heavy atom. The van der Waals surface area contributed by atoms with Crippen LogP contribution in [0.5, 0.6) is 0 Å². The maximum absolute atomic E-state index is 11.9. The van der Waals surface area contributed by atoms with E-state index in [0.717, 1.165) is 38.7 Å². The standard InChI is InChI=1S/C12H22N2O2/c13-11-6-3-5-10(11)12(15)14-8-9-4-1-2-7-16-9/h9-11H,1-8,13H2,(H,14,15). The third kappa shape index (κ3) is 2.95. The van der Waals surface area contributed by atoms with E-state index < -0.39 is 0 Å². The topological polar surface area (TPSA) is 64.4 Å². The number of ether oxygens (including phenoxy) is 1. The van der Waals surface area contributed by atoms with Gasteiger partial charge in [0.05, 0.1) is 12.0 Å². The molecular formula is C12H22N2O2. The summed E-state index contributed by atoms with van der Waals surface area (Å²) in [7, 11) is 0. The van der Waals surface area contributed by atoms with Crippen LogP contribution in [0.15, 0.2) is 0 Å². The summed E-state index contributed by atoms with van der Waals surface area (Å²) in [6.07, 6.45) is 6.66. The molecule has 0 aromatic rings. The molecule has 0 radical (unpaired) electrons. The molecule has 1 saturated heterocycles. The van der Waals surface area contributed by atoms with Crippen molar-refractivity contribution in [2.75, 3.05) is 13.2 Å². The first kappa shape index (κ1) is 11.9. The molecule has 3 N–H and O–H groups in total. The summed E-state index contributed by atoms with van der Waals surface area (Å²) in [6, 6.07) is 0.0623. The first-order valence-electron chi connectivity index (χ1n) is 6.42. The van der Waals surface area contributed by atoms with Crippen molar-refractivity contribution in [3.63, 3.8) is 0 Å². The fourth-order valence-corrected chi connectivity index (χ4v) is 2.63. The average Bonchev–Trinajstić information content (AvgIpc) is 2.74. The summed E-state index contributed by atoms with van der Waals surface area (Å²) in [5.74, 6) is 0.155. The molecule has 1 saturated carbocycles. The van der Waals surface area contributed by atoms with Crippen molar-refractivity contribution in [1.29, 1.82) is 0 Å². The molecule has 2 aliphatic rings. The largest absolute Gasteiger partial charge is 0.376 e. The lowest BCUT2D eigenvalue weighted by Gasteiger charge is -2.24. The van der Waals surface area contributed by atoms with Crippen molar-refractivity contribution in [1.82, 2.24) is 5.32 Å². The monoisotopic (exact) mass is 226 g/mol. The van der Waals surface area contributed by atoms with E-state index in [1.165, 1.54) is 6.42 Å². The van der Waals surface area contributed by atoms with Crippen LogP contribution < -0.4 is 11.1 Å². The van der Waals surface area contributed by atoms with Crippen LogP contribution in [0.2, 0.25) is 0 Å². The van der Waals surface area contributed by atoms with E-state index in [-0.39, 0.29) is 24.0 Å². The van der Waals surface area contributed by atoms with Gasteiger partial charge in [0.25, 0.3) is 0 Å². The Balaban J connectivity index is 1.70. The quantitative estimate of drug-likeness (QED) is 0.748. The summed E-state index contributed by atoms with van der Waals surface area (Å²) < 4.78 is 5.57. The first-order valence-corrected chi connectivity index (χ1v) is 6.42. The van der Waals surface area contributed by atoms with Crippen LogP contribution >= 0.6 is 0 Å². The van der Waals surface area contributed by atoms with E-state index in [4.69, 9.17) is 10.5 Å². The molecule has 1 amide bonds. The van der Waals surface area contributed by atoms with Gasteiger partial charge in [-0.25, -0.2) is 0 Å². The lowest BCUT2D eigenvalue weighted by molar-refractivity contribution is -0.126. The molecule has 3 unspecified atom stereocenters. The highest BCUT2D eigenvalue weighted by atomic mass is 16.5. The number of nitrogens with two attached hydrogens (primary N) is 1. The zero-order chi connectivity index (χ0) is 11.4. The molecule has 1 heterocycles. The van der Waals surface area contributed by atoms with Gasteiger partial charge >= 0.3 is 0 Å². The Hall–Kier alpha value is -0.610. The Kier molecular flexibility index (Phi) is 4.18. The van der Waals surface area contributed by atoms with Gasteiger partial charge in [-0.05, 0) is 32.1 Å². The number of carbonyl (C=O) groups is 1. The second kappa shape index (κ2) is 5.64. The van der Waals surface area contributed by atoms with Crippen molar-refractivity contribution in [2.24, 2.45) is 11.7 Å². The van der Waals surface area contributed by atoms with Crippen molar-refractivity contribution in [3.05, 3.63) is 0 Å². The molecule has 0 aromatic carbocycles. The first-order chi connectivity index (χ1) is 7.77. The normalized spacial score (nSPS) is 34.9. The maximum Gasteiger partial charge on any atom is 0.224 e. The lowest BCUT2D eigenvalue weighted by Crippen LogP contribution is -2.42. The molecule has 92 valence electrons. The smallest absolute Gasteiger partial charge is 0.224 e. The third-order valence-corrected chi connectivity index (χ3v) is 3.68. The van der Waals surface area contributed by atoms with Crippen LogP contribution in [0.25, 0.3) is 0 Å². The number of hydrogen-bond donors (Lipinski definition) is 2. The predicted octanol–water partition coefficient (Wildman–Crippen LogP) is 0.799.